The summed E-state index contributed by atoms with van der Waals surface area (Å²) < 4.78 is 12.2. The number of carbonyl (C=O) groups excluding carboxylic acids is 1. The number of nitrogens with one attached hydrogen (secondary N) is 1. The Hall–Kier alpha value is -1.64. The third-order valence-corrected chi connectivity index (χ3v) is 5.28. The quantitative estimate of drug-likeness (QED) is 0.488. The first-order valence-electron chi connectivity index (χ1n) is 7.22. The van der Waals surface area contributed by atoms with Crippen LogP contribution in [-0.2, 0) is 16.3 Å². The van der Waals surface area contributed by atoms with Crippen molar-refractivity contribution in [2.75, 3.05) is 6.61 Å². The van der Waals surface area contributed by atoms with Crippen LogP contribution in [0.5, 0.6) is 5.75 Å². The zero-order valence-electron chi connectivity index (χ0n) is 13.6. The summed E-state index contributed by atoms with van der Waals surface area (Å²) in [5.74, 6) is -0.457. The molecule has 0 spiro atoms. The summed E-state index contributed by atoms with van der Waals surface area (Å²) in [6.45, 7) is 8.69. The molecule has 2 rings (SSSR count). The van der Waals surface area contributed by atoms with Crippen LogP contribution < -0.4 is 10.3 Å². The molecule has 0 atom stereocenters. The standard InChI is InChI=1S/C14H20ClN3O4Si/c1-9(19)22-12-10-11(14(20)17-7-16-10)18(13(12)15)8-21-5-6-23(2,3)4/h7H,5-6,8H2,1-4H3,(H,16,17,20). The number of fused-ring (bicyclic) bond motifs is 1. The highest BCUT2D eigenvalue weighted by molar-refractivity contribution is 6.76. The number of aromatic nitrogens is 3. The Morgan fingerprint density at radius 2 is 2.13 bits per heavy atom. The minimum Gasteiger partial charge on any atom is -0.421 e. The van der Waals surface area contributed by atoms with Crippen LogP contribution in [0.1, 0.15) is 6.92 Å². The lowest BCUT2D eigenvalue weighted by Crippen LogP contribution is -2.22. The van der Waals surface area contributed by atoms with Crippen molar-refractivity contribution in [2.24, 2.45) is 0 Å². The van der Waals surface area contributed by atoms with Crippen LogP contribution in [0.2, 0.25) is 30.8 Å². The molecule has 0 amide bonds. The molecular formula is C14H20ClN3O4Si. The molecule has 0 unspecified atom stereocenters. The molecule has 2 heterocycles. The SMILES string of the molecule is CC(=O)Oc1c(Cl)n(COCC[Si](C)(C)C)c2c(=O)[nH]cnc12. The van der Waals surface area contributed by atoms with Crippen molar-refractivity contribution >= 4 is 36.7 Å². The molecule has 1 N–H and O–H groups in total. The van der Waals surface area contributed by atoms with Crippen LogP contribution in [0.15, 0.2) is 11.1 Å². The van der Waals surface area contributed by atoms with E-state index in [9.17, 15) is 9.59 Å². The van der Waals surface area contributed by atoms with Gasteiger partial charge in [-0.25, -0.2) is 4.98 Å². The first-order valence-corrected chi connectivity index (χ1v) is 11.3. The van der Waals surface area contributed by atoms with E-state index in [2.05, 4.69) is 29.6 Å². The van der Waals surface area contributed by atoms with Crippen molar-refractivity contribution in [1.82, 2.24) is 14.5 Å². The molecule has 0 aromatic carbocycles. The molecule has 126 valence electrons. The number of hydrogen-bond donors (Lipinski definition) is 1. The second kappa shape index (κ2) is 6.86. The van der Waals surface area contributed by atoms with Gasteiger partial charge in [-0.3, -0.25) is 14.2 Å². The zero-order valence-corrected chi connectivity index (χ0v) is 15.4. The predicted molar refractivity (Wildman–Crippen MR) is 90.8 cm³/mol. The predicted octanol–water partition coefficient (Wildman–Crippen LogP) is 2.62. The highest BCUT2D eigenvalue weighted by Gasteiger charge is 2.22. The average molecular weight is 358 g/mol. The largest absolute Gasteiger partial charge is 0.421 e. The molecule has 0 bridgehead atoms. The number of nitrogens with zero attached hydrogens (tertiary/aromatic N) is 2. The number of halogens is 1. The van der Waals surface area contributed by atoms with Gasteiger partial charge >= 0.3 is 5.97 Å². The monoisotopic (exact) mass is 357 g/mol. The number of rotatable bonds is 6. The van der Waals surface area contributed by atoms with Crippen LogP contribution in [0, 0.1) is 0 Å². The Balaban J connectivity index is 2.33. The summed E-state index contributed by atoms with van der Waals surface area (Å²) in [5.41, 5.74) is 0.0913. The van der Waals surface area contributed by atoms with Gasteiger partial charge in [0.15, 0.2) is 10.9 Å². The number of carbonyl (C=O) groups is 1. The lowest BCUT2D eigenvalue weighted by molar-refractivity contribution is -0.131. The summed E-state index contributed by atoms with van der Waals surface area (Å²) in [4.78, 5) is 29.9. The van der Waals surface area contributed by atoms with Crippen LogP contribution in [-0.4, -0.2) is 35.2 Å². The van der Waals surface area contributed by atoms with Crippen molar-refractivity contribution in [2.45, 2.75) is 39.3 Å². The van der Waals surface area contributed by atoms with Gasteiger partial charge in [0, 0.05) is 21.6 Å². The fraction of sp³-hybridized carbons (Fsp3) is 0.500. The van der Waals surface area contributed by atoms with E-state index < -0.39 is 14.0 Å². The minimum absolute atomic E-state index is 0.0778. The Morgan fingerprint density at radius 3 is 2.74 bits per heavy atom. The number of H-pyrrole nitrogens is 1. The smallest absolute Gasteiger partial charge is 0.308 e. The van der Waals surface area contributed by atoms with Gasteiger partial charge in [-0.05, 0) is 6.04 Å². The van der Waals surface area contributed by atoms with Crippen molar-refractivity contribution in [3.63, 3.8) is 0 Å². The van der Waals surface area contributed by atoms with Crippen molar-refractivity contribution in [3.05, 3.63) is 21.8 Å². The molecule has 23 heavy (non-hydrogen) atoms. The van der Waals surface area contributed by atoms with Crippen molar-refractivity contribution in [1.29, 1.82) is 0 Å². The van der Waals surface area contributed by atoms with Gasteiger partial charge in [-0.15, -0.1) is 0 Å². The fourth-order valence-electron chi connectivity index (χ4n) is 2.02. The maximum atomic E-state index is 12.1. The summed E-state index contributed by atoms with van der Waals surface area (Å²) in [5, 5.41) is 0.118. The third kappa shape index (κ3) is 4.21. The Morgan fingerprint density at radius 1 is 1.43 bits per heavy atom. The maximum Gasteiger partial charge on any atom is 0.308 e. The Labute approximate surface area is 139 Å². The first-order chi connectivity index (χ1) is 10.7. The first kappa shape index (κ1) is 17.7. The highest BCUT2D eigenvalue weighted by Crippen LogP contribution is 2.34. The molecule has 2 aromatic rings. The van der Waals surface area contributed by atoms with Gasteiger partial charge in [0.25, 0.3) is 5.56 Å². The number of ether oxygens (including phenoxy) is 2. The zero-order chi connectivity index (χ0) is 17.2. The number of aromatic amines is 1. The molecule has 0 aliphatic heterocycles. The van der Waals surface area contributed by atoms with Gasteiger partial charge in [0.1, 0.15) is 17.8 Å². The molecule has 0 aliphatic rings. The molecule has 0 aliphatic carbocycles. The second-order valence-electron chi connectivity index (χ2n) is 6.42. The highest BCUT2D eigenvalue weighted by atomic mass is 35.5. The van der Waals surface area contributed by atoms with Crippen molar-refractivity contribution < 1.29 is 14.3 Å². The van der Waals surface area contributed by atoms with E-state index in [0.717, 1.165) is 6.04 Å². The molecule has 7 nitrogen and oxygen atoms in total. The van der Waals surface area contributed by atoms with Gasteiger partial charge in [0.2, 0.25) is 0 Å². The van der Waals surface area contributed by atoms with Gasteiger partial charge in [-0.2, -0.15) is 0 Å². The van der Waals surface area contributed by atoms with Crippen LogP contribution in [0.4, 0.5) is 0 Å². The lowest BCUT2D eigenvalue weighted by atomic mass is 10.4. The molecular weight excluding hydrogens is 338 g/mol. The van der Waals surface area contributed by atoms with E-state index in [4.69, 9.17) is 21.1 Å². The van der Waals surface area contributed by atoms with Gasteiger partial charge in [0.05, 0.1) is 6.33 Å². The Bertz CT molecular complexity index is 779. The van der Waals surface area contributed by atoms with Gasteiger partial charge < -0.3 is 14.5 Å². The molecule has 9 heteroatoms. The minimum atomic E-state index is -1.21. The van der Waals surface area contributed by atoms with Crippen LogP contribution in [0.25, 0.3) is 11.0 Å². The Kier molecular flexibility index (Phi) is 5.28. The molecule has 0 saturated heterocycles. The molecule has 2 aromatic heterocycles. The summed E-state index contributed by atoms with van der Waals surface area (Å²) in [7, 11) is -1.21. The number of esters is 1. The fourth-order valence-corrected chi connectivity index (χ4v) is 3.04. The second-order valence-corrected chi connectivity index (χ2v) is 12.4. The van der Waals surface area contributed by atoms with E-state index in [1.807, 2.05) is 0 Å². The maximum absolute atomic E-state index is 12.1. The summed E-state index contributed by atoms with van der Waals surface area (Å²) in [6, 6.07) is 0.995. The average Bonchev–Trinajstić information content (AvgIpc) is 2.68. The van der Waals surface area contributed by atoms with Crippen molar-refractivity contribution in [3.8, 4) is 5.75 Å². The molecule has 0 fully saturated rings. The third-order valence-electron chi connectivity index (χ3n) is 3.20. The van der Waals surface area contributed by atoms with Gasteiger partial charge in [-0.1, -0.05) is 31.2 Å². The summed E-state index contributed by atoms with van der Waals surface area (Å²) >= 11 is 6.26. The van der Waals surface area contributed by atoms with E-state index in [-0.39, 0.29) is 34.2 Å². The van der Waals surface area contributed by atoms with E-state index >= 15 is 0 Å². The number of hydrogen-bond acceptors (Lipinski definition) is 5. The van der Waals surface area contributed by atoms with Crippen LogP contribution in [0.3, 0.4) is 0 Å². The molecule has 0 radical (unpaired) electrons. The van der Waals surface area contributed by atoms with E-state index in [1.54, 1.807) is 0 Å². The normalized spacial score (nSPS) is 11.9. The topological polar surface area (TPSA) is 86.2 Å². The summed E-state index contributed by atoms with van der Waals surface area (Å²) in [6.07, 6.45) is 1.24. The van der Waals surface area contributed by atoms with Crippen LogP contribution >= 0.6 is 11.6 Å². The lowest BCUT2D eigenvalue weighted by Gasteiger charge is -2.15. The van der Waals surface area contributed by atoms with E-state index in [1.165, 1.54) is 17.8 Å². The van der Waals surface area contributed by atoms with E-state index in [0.29, 0.717) is 6.61 Å². The molecule has 0 saturated carbocycles.